The van der Waals surface area contributed by atoms with Gasteiger partial charge < -0.3 is 5.32 Å². The Bertz CT molecular complexity index is 755. The Morgan fingerprint density at radius 3 is 2.81 bits per heavy atom. The average Bonchev–Trinajstić information content (AvgIpc) is 2.89. The van der Waals surface area contributed by atoms with E-state index < -0.39 is 0 Å². The lowest BCUT2D eigenvalue weighted by Crippen LogP contribution is -2.21. The summed E-state index contributed by atoms with van der Waals surface area (Å²) < 4.78 is 2.05. The molecule has 108 valence electrons. The van der Waals surface area contributed by atoms with Gasteiger partial charge in [0.2, 0.25) is 0 Å². The molecule has 0 bridgehead atoms. The predicted octanol–water partition coefficient (Wildman–Crippen LogP) is 3.07. The molecule has 0 aliphatic rings. The van der Waals surface area contributed by atoms with Crippen LogP contribution in [0.5, 0.6) is 0 Å². The second-order valence-corrected chi connectivity index (χ2v) is 5.20. The predicted molar refractivity (Wildman–Crippen MR) is 85.3 cm³/mol. The molecule has 1 aromatic carbocycles. The average molecular weight is 280 g/mol. The van der Waals surface area contributed by atoms with Crippen molar-refractivity contribution in [2.45, 2.75) is 26.4 Å². The molecule has 3 aromatic rings. The number of pyridine rings is 1. The third-order valence-corrected chi connectivity index (χ3v) is 3.83. The molecule has 1 unspecified atom stereocenters. The summed E-state index contributed by atoms with van der Waals surface area (Å²) in [6.45, 7) is 5.01. The maximum absolute atomic E-state index is 4.56. The number of aryl methyl sites for hydroxylation is 2. The molecule has 0 aliphatic heterocycles. The van der Waals surface area contributed by atoms with Gasteiger partial charge in [0.05, 0.1) is 17.4 Å². The van der Waals surface area contributed by atoms with Crippen LogP contribution in [0.4, 0.5) is 0 Å². The highest BCUT2D eigenvalue weighted by molar-refractivity contribution is 5.85. The van der Waals surface area contributed by atoms with Crippen LogP contribution < -0.4 is 5.32 Å². The second kappa shape index (κ2) is 5.66. The lowest BCUT2D eigenvalue weighted by Gasteiger charge is -2.19. The number of fused-ring (bicyclic) bond motifs is 1. The van der Waals surface area contributed by atoms with Crippen molar-refractivity contribution in [3.8, 4) is 0 Å². The van der Waals surface area contributed by atoms with E-state index in [2.05, 4.69) is 51.3 Å². The maximum Gasteiger partial charge on any atom is 0.0767 e. The van der Waals surface area contributed by atoms with Gasteiger partial charge in [-0.2, -0.15) is 5.10 Å². The fourth-order valence-corrected chi connectivity index (χ4v) is 2.88. The summed E-state index contributed by atoms with van der Waals surface area (Å²) in [6.07, 6.45) is 3.86. The number of rotatable bonds is 4. The molecule has 2 aromatic heterocycles. The maximum atomic E-state index is 4.56. The molecule has 4 heteroatoms. The molecule has 0 amide bonds. The molecule has 4 nitrogen and oxygen atoms in total. The van der Waals surface area contributed by atoms with Crippen LogP contribution in [0, 0.1) is 6.92 Å². The number of hydrogen-bond acceptors (Lipinski definition) is 3. The molecule has 1 N–H and O–H groups in total. The molecule has 1 atom stereocenters. The molecule has 0 spiro atoms. The van der Waals surface area contributed by atoms with Gasteiger partial charge in [0.15, 0.2) is 0 Å². The summed E-state index contributed by atoms with van der Waals surface area (Å²) in [5, 5.41) is 10.4. The van der Waals surface area contributed by atoms with Crippen LogP contribution >= 0.6 is 0 Å². The molecule has 21 heavy (non-hydrogen) atoms. The van der Waals surface area contributed by atoms with Crippen LogP contribution in [0.3, 0.4) is 0 Å². The monoisotopic (exact) mass is 280 g/mol. The Morgan fingerprint density at radius 2 is 2.05 bits per heavy atom. The third kappa shape index (κ3) is 2.43. The summed E-state index contributed by atoms with van der Waals surface area (Å²) >= 11 is 0. The van der Waals surface area contributed by atoms with Crippen molar-refractivity contribution in [3.05, 3.63) is 59.7 Å². The van der Waals surface area contributed by atoms with Crippen molar-refractivity contribution in [1.82, 2.24) is 20.1 Å². The van der Waals surface area contributed by atoms with Crippen LogP contribution in [0.15, 0.2) is 42.7 Å². The van der Waals surface area contributed by atoms with E-state index in [-0.39, 0.29) is 6.04 Å². The van der Waals surface area contributed by atoms with Gasteiger partial charge in [0, 0.05) is 29.9 Å². The van der Waals surface area contributed by atoms with Gasteiger partial charge in [-0.25, -0.2) is 0 Å². The van der Waals surface area contributed by atoms with E-state index in [0.29, 0.717) is 0 Å². The Labute approximate surface area is 124 Å². The highest BCUT2D eigenvalue weighted by atomic mass is 15.3. The molecule has 0 aliphatic carbocycles. The number of hydrogen-bond donors (Lipinski definition) is 1. The SMILES string of the molecule is CCn1nc(C)cc1C(NC)c1cncc2ccccc12. The van der Waals surface area contributed by atoms with Gasteiger partial charge in [0.25, 0.3) is 0 Å². The summed E-state index contributed by atoms with van der Waals surface area (Å²) in [4.78, 5) is 4.40. The highest BCUT2D eigenvalue weighted by Crippen LogP contribution is 2.28. The number of benzene rings is 1. The highest BCUT2D eigenvalue weighted by Gasteiger charge is 2.19. The first-order valence-electron chi connectivity index (χ1n) is 7.29. The van der Waals surface area contributed by atoms with E-state index in [1.165, 1.54) is 16.6 Å². The first-order valence-corrected chi connectivity index (χ1v) is 7.29. The van der Waals surface area contributed by atoms with E-state index in [1.807, 2.05) is 32.4 Å². The van der Waals surface area contributed by atoms with E-state index >= 15 is 0 Å². The largest absolute Gasteiger partial charge is 0.308 e. The van der Waals surface area contributed by atoms with Crippen LogP contribution in [0.25, 0.3) is 10.8 Å². The van der Waals surface area contributed by atoms with Crippen molar-refractivity contribution in [1.29, 1.82) is 0 Å². The Morgan fingerprint density at radius 1 is 1.24 bits per heavy atom. The minimum atomic E-state index is 0.0877. The molecule has 3 rings (SSSR count). The first kappa shape index (κ1) is 13.8. The zero-order valence-electron chi connectivity index (χ0n) is 12.7. The molecule has 0 fully saturated rings. The van der Waals surface area contributed by atoms with Gasteiger partial charge in [-0.1, -0.05) is 24.3 Å². The Hall–Kier alpha value is -2.20. The fraction of sp³-hybridized carbons (Fsp3) is 0.294. The Balaban J connectivity index is 2.18. The topological polar surface area (TPSA) is 42.7 Å². The van der Waals surface area contributed by atoms with E-state index in [9.17, 15) is 0 Å². The summed E-state index contributed by atoms with van der Waals surface area (Å²) in [5.41, 5.74) is 3.40. The van der Waals surface area contributed by atoms with E-state index in [1.54, 1.807) is 0 Å². The number of nitrogens with zero attached hydrogens (tertiary/aromatic N) is 3. The van der Waals surface area contributed by atoms with Gasteiger partial charge in [0.1, 0.15) is 0 Å². The first-order chi connectivity index (χ1) is 10.2. The van der Waals surface area contributed by atoms with Crippen LogP contribution in [0.1, 0.15) is 29.9 Å². The third-order valence-electron chi connectivity index (χ3n) is 3.83. The summed E-state index contributed by atoms with van der Waals surface area (Å²) in [5.74, 6) is 0. The summed E-state index contributed by atoms with van der Waals surface area (Å²) in [6, 6.07) is 10.6. The van der Waals surface area contributed by atoms with Crippen molar-refractivity contribution in [3.63, 3.8) is 0 Å². The number of nitrogens with one attached hydrogen (secondary N) is 1. The van der Waals surface area contributed by atoms with Crippen molar-refractivity contribution in [2.75, 3.05) is 7.05 Å². The normalized spacial score (nSPS) is 12.7. The molecular formula is C17H20N4. The molecule has 2 heterocycles. The zero-order valence-corrected chi connectivity index (χ0v) is 12.7. The van der Waals surface area contributed by atoms with Gasteiger partial charge in [-0.15, -0.1) is 0 Å². The van der Waals surface area contributed by atoms with Gasteiger partial charge in [-0.05, 0) is 32.3 Å². The van der Waals surface area contributed by atoms with Crippen molar-refractivity contribution >= 4 is 10.8 Å². The van der Waals surface area contributed by atoms with Gasteiger partial charge in [-0.3, -0.25) is 9.67 Å². The lowest BCUT2D eigenvalue weighted by atomic mass is 9.99. The van der Waals surface area contributed by atoms with E-state index in [4.69, 9.17) is 0 Å². The smallest absolute Gasteiger partial charge is 0.0767 e. The van der Waals surface area contributed by atoms with Crippen LogP contribution in [-0.2, 0) is 6.54 Å². The lowest BCUT2D eigenvalue weighted by molar-refractivity contribution is 0.562. The van der Waals surface area contributed by atoms with Crippen LogP contribution in [-0.4, -0.2) is 21.8 Å². The van der Waals surface area contributed by atoms with Crippen molar-refractivity contribution < 1.29 is 0 Å². The second-order valence-electron chi connectivity index (χ2n) is 5.20. The van der Waals surface area contributed by atoms with Crippen LogP contribution in [0.2, 0.25) is 0 Å². The minimum absolute atomic E-state index is 0.0877. The van der Waals surface area contributed by atoms with Crippen molar-refractivity contribution in [2.24, 2.45) is 0 Å². The molecule has 0 saturated carbocycles. The standard InChI is InChI=1S/C17H20N4/c1-4-21-16(9-12(2)20-21)17(18-3)15-11-19-10-13-7-5-6-8-14(13)15/h5-11,17-18H,4H2,1-3H3. The number of aromatic nitrogens is 3. The molecule has 0 radical (unpaired) electrons. The Kier molecular flexibility index (Phi) is 3.71. The zero-order chi connectivity index (χ0) is 14.8. The molecule has 0 saturated heterocycles. The van der Waals surface area contributed by atoms with E-state index in [0.717, 1.165) is 17.6 Å². The van der Waals surface area contributed by atoms with Gasteiger partial charge >= 0.3 is 0 Å². The minimum Gasteiger partial charge on any atom is -0.308 e. The molecular weight excluding hydrogens is 260 g/mol. The quantitative estimate of drug-likeness (QED) is 0.798. The summed E-state index contributed by atoms with van der Waals surface area (Å²) in [7, 11) is 1.98. The fourth-order valence-electron chi connectivity index (χ4n) is 2.88.